The molecule has 23 heavy (non-hydrogen) atoms. The Kier molecular flexibility index (Phi) is 5.69. The Hall–Kier alpha value is -1.54. The minimum absolute atomic E-state index is 0.147. The lowest BCUT2D eigenvalue weighted by Gasteiger charge is -2.15. The topological polar surface area (TPSA) is 55.4 Å². The summed E-state index contributed by atoms with van der Waals surface area (Å²) in [4.78, 5) is -0.519. The van der Waals surface area contributed by atoms with Crippen LogP contribution in [0.2, 0.25) is 0 Å². The van der Waals surface area contributed by atoms with Crippen LogP contribution in [-0.2, 0) is 10.0 Å². The maximum absolute atomic E-state index is 12.4. The number of hydrogen-bond acceptors (Lipinski definition) is 3. The number of alkyl halides is 3. The van der Waals surface area contributed by atoms with Crippen LogP contribution in [-0.4, -0.2) is 21.3 Å². The van der Waals surface area contributed by atoms with E-state index in [4.69, 9.17) is 0 Å². The van der Waals surface area contributed by atoms with Crippen LogP contribution < -0.4 is 9.46 Å². The maximum atomic E-state index is 12.4. The zero-order valence-corrected chi connectivity index (χ0v) is 13.2. The zero-order chi connectivity index (χ0) is 16.9. The van der Waals surface area contributed by atoms with E-state index in [1.54, 1.807) is 0 Å². The molecule has 0 saturated carbocycles. The summed E-state index contributed by atoms with van der Waals surface area (Å²) in [5, 5.41) is 0. The van der Waals surface area contributed by atoms with Gasteiger partial charge in [0.2, 0.25) is 10.0 Å². The first-order valence-electron chi connectivity index (χ1n) is 7.30. The standard InChI is InChI=1S/C15H18F3NO3S/c16-15(17,18)22-13-8-4-5-9-14(13)23(20,21)19-11-10-12-6-2-1-3-7-12/h4-6,8-9,19H,1-3,7,10-11H2. The van der Waals surface area contributed by atoms with Gasteiger partial charge in [0.05, 0.1) is 0 Å². The number of hydrogen-bond donors (Lipinski definition) is 1. The van der Waals surface area contributed by atoms with E-state index in [2.05, 4.69) is 15.5 Å². The summed E-state index contributed by atoms with van der Waals surface area (Å²) in [5.74, 6) is -0.732. The molecule has 128 valence electrons. The van der Waals surface area contributed by atoms with E-state index in [0.29, 0.717) is 6.42 Å². The fourth-order valence-corrected chi connectivity index (χ4v) is 3.60. The van der Waals surface area contributed by atoms with Crippen LogP contribution in [0.4, 0.5) is 13.2 Å². The highest BCUT2D eigenvalue weighted by molar-refractivity contribution is 7.89. The normalized spacial score (nSPS) is 16.0. The molecule has 0 atom stereocenters. The Morgan fingerprint density at radius 3 is 2.57 bits per heavy atom. The van der Waals surface area contributed by atoms with E-state index in [1.807, 2.05) is 0 Å². The number of nitrogens with one attached hydrogen (secondary N) is 1. The number of sulfonamides is 1. The maximum Gasteiger partial charge on any atom is 0.573 e. The Bertz CT molecular complexity index is 669. The first kappa shape index (κ1) is 17.8. The van der Waals surface area contributed by atoms with E-state index in [1.165, 1.54) is 17.7 Å². The van der Waals surface area contributed by atoms with Gasteiger partial charge in [-0.25, -0.2) is 13.1 Å². The van der Waals surface area contributed by atoms with Gasteiger partial charge in [-0.15, -0.1) is 13.2 Å². The highest BCUT2D eigenvalue weighted by Crippen LogP contribution is 2.29. The summed E-state index contributed by atoms with van der Waals surface area (Å²) in [6, 6.07) is 4.70. The first-order valence-corrected chi connectivity index (χ1v) is 8.78. The van der Waals surface area contributed by atoms with Crippen LogP contribution in [0.1, 0.15) is 32.1 Å². The summed E-state index contributed by atoms with van der Waals surface area (Å²) in [5.41, 5.74) is 1.18. The highest BCUT2D eigenvalue weighted by atomic mass is 32.2. The van der Waals surface area contributed by atoms with E-state index in [0.717, 1.165) is 37.8 Å². The van der Waals surface area contributed by atoms with Gasteiger partial charge in [0.15, 0.2) is 0 Å². The van der Waals surface area contributed by atoms with Gasteiger partial charge in [0.25, 0.3) is 0 Å². The molecular weight excluding hydrogens is 331 g/mol. The van der Waals surface area contributed by atoms with Gasteiger partial charge in [-0.1, -0.05) is 23.8 Å². The first-order chi connectivity index (χ1) is 10.8. The predicted molar refractivity (Wildman–Crippen MR) is 79.5 cm³/mol. The van der Waals surface area contributed by atoms with Crippen LogP contribution in [0.25, 0.3) is 0 Å². The molecule has 0 saturated heterocycles. The van der Waals surface area contributed by atoms with Crippen molar-refractivity contribution in [2.45, 2.75) is 43.4 Å². The molecule has 1 aromatic carbocycles. The largest absolute Gasteiger partial charge is 0.573 e. The zero-order valence-electron chi connectivity index (χ0n) is 12.4. The fraction of sp³-hybridized carbons (Fsp3) is 0.467. The number of rotatable bonds is 6. The van der Waals surface area contributed by atoms with Crippen molar-refractivity contribution in [1.29, 1.82) is 0 Å². The minimum atomic E-state index is -4.95. The molecule has 0 fully saturated rings. The van der Waals surface area contributed by atoms with Gasteiger partial charge in [-0.2, -0.15) is 0 Å². The third kappa shape index (κ3) is 5.54. The monoisotopic (exact) mass is 349 g/mol. The van der Waals surface area contributed by atoms with E-state index in [9.17, 15) is 21.6 Å². The molecule has 0 heterocycles. The average Bonchev–Trinajstić information content (AvgIpc) is 2.47. The SMILES string of the molecule is O=S(=O)(NCCC1=CCCCC1)c1ccccc1OC(F)(F)F. The van der Waals surface area contributed by atoms with Crippen LogP contribution in [0.3, 0.4) is 0 Å². The van der Waals surface area contributed by atoms with Crippen LogP contribution in [0.5, 0.6) is 5.75 Å². The molecule has 8 heteroatoms. The summed E-state index contributed by atoms with van der Waals surface area (Å²) >= 11 is 0. The molecule has 1 aliphatic carbocycles. The van der Waals surface area contributed by atoms with Crippen LogP contribution >= 0.6 is 0 Å². The second-order valence-corrected chi connectivity index (χ2v) is 6.99. The lowest BCUT2D eigenvalue weighted by Crippen LogP contribution is -2.27. The third-order valence-corrected chi connectivity index (χ3v) is 4.99. The molecule has 1 aromatic rings. The highest BCUT2D eigenvalue weighted by Gasteiger charge is 2.33. The fourth-order valence-electron chi connectivity index (χ4n) is 2.44. The summed E-state index contributed by atoms with van der Waals surface area (Å²) in [6.07, 6.45) is 1.86. The second kappa shape index (κ2) is 7.35. The number of ether oxygens (including phenoxy) is 1. The van der Waals surface area contributed by atoms with Gasteiger partial charge in [-0.3, -0.25) is 0 Å². The van der Waals surface area contributed by atoms with Crippen molar-refractivity contribution < 1.29 is 26.3 Å². The molecule has 0 bridgehead atoms. The van der Waals surface area contributed by atoms with Crippen molar-refractivity contribution in [2.75, 3.05) is 6.54 Å². The van der Waals surface area contributed by atoms with Gasteiger partial charge in [0.1, 0.15) is 10.6 Å². The number of benzene rings is 1. The molecule has 0 radical (unpaired) electrons. The second-order valence-electron chi connectivity index (χ2n) is 5.25. The number of para-hydroxylation sites is 1. The smallest absolute Gasteiger partial charge is 0.404 e. The van der Waals surface area contributed by atoms with Crippen molar-refractivity contribution >= 4 is 10.0 Å². The lowest BCUT2D eigenvalue weighted by atomic mass is 9.97. The summed E-state index contributed by atoms with van der Waals surface area (Å²) in [7, 11) is -4.07. The quantitative estimate of drug-likeness (QED) is 0.796. The summed E-state index contributed by atoms with van der Waals surface area (Å²) < 4.78 is 67.6. The third-order valence-electron chi connectivity index (χ3n) is 3.49. The molecule has 4 nitrogen and oxygen atoms in total. The Labute approximate surface area is 133 Å². The van der Waals surface area contributed by atoms with Crippen molar-refractivity contribution in [3.05, 3.63) is 35.9 Å². The Morgan fingerprint density at radius 1 is 1.17 bits per heavy atom. The number of allylic oxidation sites excluding steroid dienone is 1. The van der Waals surface area contributed by atoms with Crippen molar-refractivity contribution in [1.82, 2.24) is 4.72 Å². The number of halogens is 3. The van der Waals surface area contributed by atoms with Gasteiger partial charge < -0.3 is 4.74 Å². The minimum Gasteiger partial charge on any atom is -0.404 e. The molecule has 0 spiro atoms. The predicted octanol–water partition coefficient (Wildman–Crippen LogP) is 3.75. The Morgan fingerprint density at radius 2 is 1.91 bits per heavy atom. The molecule has 0 amide bonds. The van der Waals surface area contributed by atoms with Gasteiger partial charge in [-0.05, 0) is 44.2 Å². The van der Waals surface area contributed by atoms with Crippen molar-refractivity contribution in [2.24, 2.45) is 0 Å². The molecular formula is C15H18F3NO3S. The molecule has 0 aliphatic heterocycles. The van der Waals surface area contributed by atoms with Gasteiger partial charge >= 0.3 is 6.36 Å². The molecule has 0 aromatic heterocycles. The molecule has 1 N–H and O–H groups in total. The molecule has 0 unspecified atom stereocenters. The van der Waals surface area contributed by atoms with E-state index in [-0.39, 0.29) is 6.54 Å². The van der Waals surface area contributed by atoms with Crippen LogP contribution in [0.15, 0.2) is 40.8 Å². The average molecular weight is 349 g/mol. The Balaban J connectivity index is 2.05. The van der Waals surface area contributed by atoms with E-state index < -0.39 is 27.0 Å². The van der Waals surface area contributed by atoms with Crippen LogP contribution in [0, 0.1) is 0 Å². The molecule has 1 aliphatic rings. The summed E-state index contributed by atoms with van der Waals surface area (Å²) in [6.45, 7) is 0.147. The van der Waals surface area contributed by atoms with Crippen molar-refractivity contribution in [3.63, 3.8) is 0 Å². The van der Waals surface area contributed by atoms with Gasteiger partial charge in [0, 0.05) is 6.54 Å². The molecule has 2 rings (SSSR count). The van der Waals surface area contributed by atoms with E-state index >= 15 is 0 Å². The van der Waals surface area contributed by atoms with Crippen molar-refractivity contribution in [3.8, 4) is 5.75 Å². The lowest BCUT2D eigenvalue weighted by molar-refractivity contribution is -0.275.